The zero-order valence-electron chi connectivity index (χ0n) is 15.3. The summed E-state index contributed by atoms with van der Waals surface area (Å²) in [6, 6.07) is 15.0. The summed E-state index contributed by atoms with van der Waals surface area (Å²) >= 11 is 0. The molecule has 1 unspecified atom stereocenters. The van der Waals surface area contributed by atoms with Gasteiger partial charge < -0.3 is 4.74 Å². The summed E-state index contributed by atoms with van der Waals surface area (Å²) in [5, 5.41) is 0. The molecular weight excluding hydrogens is 375 g/mol. The number of nitrogens with zero attached hydrogens (tertiary/aromatic N) is 2. The molecule has 2 heterocycles. The van der Waals surface area contributed by atoms with E-state index in [2.05, 4.69) is 4.98 Å². The van der Waals surface area contributed by atoms with E-state index >= 15 is 0 Å². The van der Waals surface area contributed by atoms with Crippen molar-refractivity contribution < 1.29 is 23.5 Å². The first-order valence-electron chi connectivity index (χ1n) is 8.79. The van der Waals surface area contributed by atoms with Crippen molar-refractivity contribution in [2.24, 2.45) is 0 Å². The Hall–Kier alpha value is -3.87. The maximum absolute atomic E-state index is 13.7. The molecule has 144 valence electrons. The summed E-state index contributed by atoms with van der Waals surface area (Å²) in [4.78, 5) is 42.2. The van der Waals surface area contributed by atoms with E-state index in [1.807, 2.05) is 0 Å². The van der Waals surface area contributed by atoms with Crippen LogP contribution in [-0.2, 0) is 4.74 Å². The lowest BCUT2D eigenvalue weighted by molar-refractivity contribution is 0.0370. The molecule has 0 bridgehead atoms. The molecule has 2 amide bonds. The first-order valence-corrected chi connectivity index (χ1v) is 8.79. The van der Waals surface area contributed by atoms with Crippen LogP contribution >= 0.6 is 0 Å². The Kier molecular flexibility index (Phi) is 4.64. The van der Waals surface area contributed by atoms with Crippen LogP contribution in [0, 0.1) is 5.82 Å². The van der Waals surface area contributed by atoms with Crippen molar-refractivity contribution in [3.05, 3.63) is 101 Å². The van der Waals surface area contributed by atoms with Crippen LogP contribution in [0.1, 0.15) is 48.4 Å². The van der Waals surface area contributed by atoms with Gasteiger partial charge in [-0.25, -0.2) is 9.18 Å². The second-order valence-electron chi connectivity index (χ2n) is 6.52. The van der Waals surface area contributed by atoms with E-state index in [4.69, 9.17) is 4.74 Å². The third kappa shape index (κ3) is 3.38. The first-order chi connectivity index (χ1) is 14.0. The highest BCUT2D eigenvalue weighted by atomic mass is 19.1. The Morgan fingerprint density at radius 2 is 1.79 bits per heavy atom. The number of carbonyl (C=O) groups excluding carboxylic acids is 3. The standard InChI is InChI=1S/C22H15FN2O4/c1-25-20(26)16-9-8-14(12-17(16)21(25)27)22(28)29-19(18-7-2-3-10-24-18)13-5-4-6-15(23)11-13/h2-12,19H,1H3. The number of benzene rings is 2. The number of hydrogen-bond acceptors (Lipinski definition) is 5. The predicted molar refractivity (Wildman–Crippen MR) is 101 cm³/mol. The molecule has 0 spiro atoms. The first kappa shape index (κ1) is 18.5. The van der Waals surface area contributed by atoms with Gasteiger partial charge in [0.15, 0.2) is 6.10 Å². The average Bonchev–Trinajstić information content (AvgIpc) is 2.96. The third-order valence-electron chi connectivity index (χ3n) is 4.66. The average molecular weight is 390 g/mol. The highest BCUT2D eigenvalue weighted by Crippen LogP contribution is 2.28. The van der Waals surface area contributed by atoms with Crippen LogP contribution in [-0.4, -0.2) is 34.7 Å². The van der Waals surface area contributed by atoms with Gasteiger partial charge in [0.05, 0.1) is 22.4 Å². The number of hydrogen-bond donors (Lipinski definition) is 0. The molecule has 0 aliphatic carbocycles. The minimum atomic E-state index is -0.937. The SMILES string of the molecule is CN1C(=O)c2ccc(C(=O)OC(c3cccc(F)c3)c3ccccn3)cc2C1=O. The number of pyridine rings is 1. The maximum atomic E-state index is 13.7. The number of amides is 2. The second-order valence-corrected chi connectivity index (χ2v) is 6.52. The molecule has 1 aliphatic rings. The normalized spacial score (nSPS) is 13.9. The van der Waals surface area contributed by atoms with Crippen LogP contribution in [0.25, 0.3) is 0 Å². The summed E-state index contributed by atoms with van der Waals surface area (Å²) in [7, 11) is 1.38. The smallest absolute Gasteiger partial charge is 0.339 e. The van der Waals surface area contributed by atoms with Crippen LogP contribution in [0.3, 0.4) is 0 Å². The fourth-order valence-corrected chi connectivity index (χ4v) is 3.16. The molecule has 0 saturated heterocycles. The second kappa shape index (κ2) is 7.27. The van der Waals surface area contributed by atoms with E-state index in [0.29, 0.717) is 11.3 Å². The predicted octanol–water partition coefficient (Wildman–Crippen LogP) is 3.39. The van der Waals surface area contributed by atoms with Crippen molar-refractivity contribution in [3.8, 4) is 0 Å². The summed E-state index contributed by atoms with van der Waals surface area (Å²) in [6.45, 7) is 0. The quantitative estimate of drug-likeness (QED) is 0.504. The van der Waals surface area contributed by atoms with Gasteiger partial charge in [0.25, 0.3) is 11.8 Å². The Bertz CT molecular complexity index is 1130. The molecule has 1 atom stereocenters. The highest BCUT2D eigenvalue weighted by molar-refractivity contribution is 6.21. The zero-order valence-corrected chi connectivity index (χ0v) is 15.3. The maximum Gasteiger partial charge on any atom is 0.339 e. The molecule has 3 aromatic rings. The number of imide groups is 1. The minimum absolute atomic E-state index is 0.109. The minimum Gasteiger partial charge on any atom is -0.447 e. The van der Waals surface area contributed by atoms with Crippen LogP contribution < -0.4 is 0 Å². The highest BCUT2D eigenvalue weighted by Gasteiger charge is 2.33. The lowest BCUT2D eigenvalue weighted by Crippen LogP contribution is -2.24. The zero-order chi connectivity index (χ0) is 20.5. The van der Waals surface area contributed by atoms with Gasteiger partial charge >= 0.3 is 5.97 Å². The summed E-state index contributed by atoms with van der Waals surface area (Å²) in [5.41, 5.74) is 1.34. The summed E-state index contributed by atoms with van der Waals surface area (Å²) in [5.74, 6) is -2.09. The number of halogens is 1. The largest absolute Gasteiger partial charge is 0.447 e. The van der Waals surface area contributed by atoms with Crippen LogP contribution in [0.5, 0.6) is 0 Å². The van der Waals surface area contributed by atoms with Gasteiger partial charge in [-0.3, -0.25) is 19.5 Å². The number of carbonyl (C=O) groups is 3. The number of aromatic nitrogens is 1. The molecular formula is C22H15FN2O4. The molecule has 6 nitrogen and oxygen atoms in total. The van der Waals surface area contributed by atoms with Crippen LogP contribution in [0.2, 0.25) is 0 Å². The fraction of sp³-hybridized carbons (Fsp3) is 0.0909. The molecule has 0 saturated carbocycles. The molecule has 1 aromatic heterocycles. The Balaban J connectivity index is 1.68. The molecule has 7 heteroatoms. The van der Waals surface area contributed by atoms with Crippen molar-refractivity contribution in [1.82, 2.24) is 9.88 Å². The van der Waals surface area contributed by atoms with E-state index in [0.717, 1.165) is 4.90 Å². The molecule has 29 heavy (non-hydrogen) atoms. The van der Waals surface area contributed by atoms with Gasteiger partial charge in [0.1, 0.15) is 5.82 Å². The lowest BCUT2D eigenvalue weighted by atomic mass is 10.0. The van der Waals surface area contributed by atoms with Gasteiger partial charge in [0, 0.05) is 18.8 Å². The van der Waals surface area contributed by atoms with Crippen LogP contribution in [0.4, 0.5) is 4.39 Å². The van der Waals surface area contributed by atoms with Gasteiger partial charge in [0.2, 0.25) is 0 Å². The van der Waals surface area contributed by atoms with Gasteiger partial charge in [-0.1, -0.05) is 18.2 Å². The Morgan fingerprint density at radius 3 is 2.52 bits per heavy atom. The third-order valence-corrected chi connectivity index (χ3v) is 4.66. The fourth-order valence-electron chi connectivity index (χ4n) is 3.16. The molecule has 0 N–H and O–H groups in total. The van der Waals surface area contributed by atoms with Crippen LogP contribution in [0.15, 0.2) is 66.9 Å². The monoisotopic (exact) mass is 390 g/mol. The molecule has 1 aliphatic heterocycles. The van der Waals surface area contributed by atoms with E-state index in [1.54, 1.807) is 30.5 Å². The Labute approximate surface area is 165 Å². The van der Waals surface area contributed by atoms with Gasteiger partial charge in [-0.15, -0.1) is 0 Å². The van der Waals surface area contributed by atoms with Crippen molar-refractivity contribution >= 4 is 17.8 Å². The Morgan fingerprint density at radius 1 is 1.00 bits per heavy atom. The molecule has 4 rings (SSSR count). The number of esters is 1. The summed E-state index contributed by atoms with van der Waals surface area (Å²) in [6.07, 6.45) is 0.609. The molecule has 2 aromatic carbocycles. The summed E-state index contributed by atoms with van der Waals surface area (Å²) < 4.78 is 19.4. The molecule has 0 radical (unpaired) electrons. The van der Waals surface area contributed by atoms with Gasteiger partial charge in [-0.05, 0) is 42.5 Å². The number of ether oxygens (including phenoxy) is 1. The van der Waals surface area contributed by atoms with Crippen molar-refractivity contribution in [2.75, 3.05) is 7.05 Å². The van der Waals surface area contributed by atoms with Gasteiger partial charge in [-0.2, -0.15) is 0 Å². The molecule has 0 fully saturated rings. The van der Waals surface area contributed by atoms with Crippen molar-refractivity contribution in [3.63, 3.8) is 0 Å². The van der Waals surface area contributed by atoms with E-state index < -0.39 is 29.7 Å². The topological polar surface area (TPSA) is 76.6 Å². The number of fused-ring (bicyclic) bond motifs is 1. The van der Waals surface area contributed by atoms with E-state index in [9.17, 15) is 18.8 Å². The lowest BCUT2D eigenvalue weighted by Gasteiger charge is -2.18. The number of rotatable bonds is 4. The van der Waals surface area contributed by atoms with E-state index in [-0.39, 0.29) is 16.7 Å². The van der Waals surface area contributed by atoms with Crippen molar-refractivity contribution in [2.45, 2.75) is 6.10 Å². The van der Waals surface area contributed by atoms with E-state index in [1.165, 1.54) is 43.4 Å². The van der Waals surface area contributed by atoms with Crippen molar-refractivity contribution in [1.29, 1.82) is 0 Å².